The Morgan fingerprint density at radius 1 is 1.40 bits per heavy atom. The molecule has 0 saturated carbocycles. The van der Waals surface area contributed by atoms with Crippen molar-refractivity contribution in [3.8, 4) is 0 Å². The van der Waals surface area contributed by atoms with Gasteiger partial charge in [0.25, 0.3) is 10.0 Å². The normalized spacial score (nSPS) is 18.1. The lowest BCUT2D eigenvalue weighted by molar-refractivity contribution is 0.135. The van der Waals surface area contributed by atoms with Crippen molar-refractivity contribution in [3.63, 3.8) is 0 Å². The average Bonchev–Trinajstić information content (AvgIpc) is 2.41. The molecule has 2 heterocycles. The van der Waals surface area contributed by atoms with Gasteiger partial charge in [0.15, 0.2) is 0 Å². The number of hydrazine groups is 1. The predicted molar refractivity (Wildman–Crippen MR) is 79.5 cm³/mol. The molecule has 0 unspecified atom stereocenters. The fraction of sp³-hybridized carbons (Fsp3) is 0.455. The molecule has 2 rings (SSSR count). The van der Waals surface area contributed by atoms with E-state index in [2.05, 4.69) is 14.7 Å². The van der Waals surface area contributed by atoms with E-state index in [-0.39, 0.29) is 15.6 Å². The molecule has 20 heavy (non-hydrogen) atoms. The number of hydrogen-bond acceptors (Lipinski definition) is 6. The van der Waals surface area contributed by atoms with Crippen LogP contribution in [0.25, 0.3) is 0 Å². The first kappa shape index (κ1) is 15.3. The molecule has 1 fully saturated rings. The molecule has 1 aromatic rings. The summed E-state index contributed by atoms with van der Waals surface area (Å²) in [5, 5.41) is 1.67. The Kier molecular flexibility index (Phi) is 4.66. The first-order valence-electron chi connectivity index (χ1n) is 6.11. The number of piperazine rings is 1. The zero-order chi connectivity index (χ0) is 14.8. The van der Waals surface area contributed by atoms with Crippen molar-refractivity contribution in [2.45, 2.75) is 4.90 Å². The van der Waals surface area contributed by atoms with Crippen molar-refractivity contribution in [2.24, 2.45) is 5.73 Å². The maximum absolute atomic E-state index is 12.4. The summed E-state index contributed by atoms with van der Waals surface area (Å²) in [7, 11) is -1.73. The fourth-order valence-electron chi connectivity index (χ4n) is 1.91. The molecule has 0 aromatic carbocycles. The lowest BCUT2D eigenvalue weighted by atomic mass is 10.3. The van der Waals surface area contributed by atoms with Gasteiger partial charge in [0.05, 0.1) is 0 Å². The summed E-state index contributed by atoms with van der Waals surface area (Å²) in [5.41, 5.74) is 5.63. The van der Waals surface area contributed by atoms with Crippen molar-refractivity contribution in [1.29, 1.82) is 0 Å². The van der Waals surface area contributed by atoms with Crippen LogP contribution in [0.2, 0.25) is 0 Å². The molecule has 1 aliphatic rings. The Hall–Kier alpha value is -1.13. The molecular weight excluding hydrogens is 298 g/mol. The van der Waals surface area contributed by atoms with Crippen molar-refractivity contribution in [2.75, 3.05) is 33.2 Å². The minimum Gasteiger partial charge on any atom is -0.388 e. The van der Waals surface area contributed by atoms with E-state index in [1.54, 1.807) is 11.1 Å². The molecule has 0 aliphatic carbocycles. The number of nitrogens with one attached hydrogen (secondary N) is 1. The van der Waals surface area contributed by atoms with Crippen LogP contribution in [0.15, 0.2) is 23.2 Å². The molecule has 7 nitrogen and oxygen atoms in total. The highest BCUT2D eigenvalue weighted by atomic mass is 32.2. The van der Waals surface area contributed by atoms with Crippen LogP contribution in [0.1, 0.15) is 5.69 Å². The summed E-state index contributed by atoms with van der Waals surface area (Å²) < 4.78 is 24.8. The van der Waals surface area contributed by atoms with E-state index in [1.165, 1.54) is 12.3 Å². The van der Waals surface area contributed by atoms with Crippen LogP contribution >= 0.6 is 12.2 Å². The van der Waals surface area contributed by atoms with Crippen LogP contribution in [-0.2, 0) is 10.0 Å². The summed E-state index contributed by atoms with van der Waals surface area (Å²) in [6.07, 6.45) is 1.46. The Morgan fingerprint density at radius 3 is 2.65 bits per heavy atom. The first-order valence-corrected chi connectivity index (χ1v) is 8.00. The number of likely N-dealkylation sites (N-methyl/N-ethyl adjacent to an activating group) is 1. The topological polar surface area (TPSA) is 91.6 Å². The lowest BCUT2D eigenvalue weighted by Gasteiger charge is -2.32. The van der Waals surface area contributed by atoms with E-state index in [0.29, 0.717) is 13.1 Å². The molecule has 0 spiro atoms. The van der Waals surface area contributed by atoms with Gasteiger partial charge in [-0.05, 0) is 19.2 Å². The van der Waals surface area contributed by atoms with Crippen molar-refractivity contribution in [1.82, 2.24) is 19.7 Å². The van der Waals surface area contributed by atoms with Crippen LogP contribution in [0.3, 0.4) is 0 Å². The maximum Gasteiger partial charge on any atom is 0.255 e. The second kappa shape index (κ2) is 6.10. The third-order valence-corrected chi connectivity index (χ3v) is 4.65. The molecule has 0 radical (unpaired) electrons. The molecule has 1 saturated heterocycles. The molecule has 0 bridgehead atoms. The van der Waals surface area contributed by atoms with E-state index in [4.69, 9.17) is 18.0 Å². The van der Waals surface area contributed by atoms with Crippen molar-refractivity contribution in [3.05, 3.63) is 24.0 Å². The molecule has 0 amide bonds. The average molecular weight is 315 g/mol. The smallest absolute Gasteiger partial charge is 0.255 e. The van der Waals surface area contributed by atoms with Crippen LogP contribution in [0.5, 0.6) is 0 Å². The van der Waals surface area contributed by atoms with E-state index in [9.17, 15) is 8.42 Å². The van der Waals surface area contributed by atoms with Gasteiger partial charge >= 0.3 is 0 Å². The van der Waals surface area contributed by atoms with E-state index in [0.717, 1.165) is 13.1 Å². The second-order valence-electron chi connectivity index (χ2n) is 4.60. The third kappa shape index (κ3) is 3.49. The monoisotopic (exact) mass is 315 g/mol. The highest BCUT2D eigenvalue weighted by Gasteiger charge is 2.24. The van der Waals surface area contributed by atoms with Crippen LogP contribution < -0.4 is 10.6 Å². The quantitative estimate of drug-likeness (QED) is 0.700. The number of aromatic nitrogens is 1. The van der Waals surface area contributed by atoms with Gasteiger partial charge < -0.3 is 10.6 Å². The minimum absolute atomic E-state index is 0.00595. The second-order valence-corrected chi connectivity index (χ2v) is 6.67. The number of rotatable bonds is 4. The van der Waals surface area contributed by atoms with Gasteiger partial charge in [-0.3, -0.25) is 4.98 Å². The van der Waals surface area contributed by atoms with E-state index in [1.807, 2.05) is 7.05 Å². The minimum atomic E-state index is -3.73. The van der Waals surface area contributed by atoms with Gasteiger partial charge in [-0.15, -0.1) is 4.83 Å². The predicted octanol–water partition coefficient (Wildman–Crippen LogP) is -0.843. The molecule has 0 atom stereocenters. The van der Waals surface area contributed by atoms with Crippen molar-refractivity contribution < 1.29 is 8.42 Å². The number of sulfonamides is 1. The van der Waals surface area contributed by atoms with Gasteiger partial charge in [-0.25, -0.2) is 13.4 Å². The highest BCUT2D eigenvalue weighted by Crippen LogP contribution is 2.13. The molecule has 3 N–H and O–H groups in total. The molecule has 1 aromatic heterocycles. The number of nitrogens with zero attached hydrogens (tertiary/aromatic N) is 3. The molecule has 110 valence electrons. The number of nitrogens with two attached hydrogens (primary N) is 1. The Morgan fingerprint density at radius 2 is 2.05 bits per heavy atom. The summed E-state index contributed by atoms with van der Waals surface area (Å²) in [6.45, 7) is 2.85. The van der Waals surface area contributed by atoms with Crippen LogP contribution in [-0.4, -0.2) is 61.5 Å². The van der Waals surface area contributed by atoms with Crippen molar-refractivity contribution >= 4 is 27.2 Å². The molecule has 9 heteroatoms. The summed E-state index contributed by atoms with van der Waals surface area (Å²) >= 11 is 4.84. The molecule has 1 aliphatic heterocycles. The Labute approximate surface area is 123 Å². The zero-order valence-electron chi connectivity index (χ0n) is 11.1. The fourth-order valence-corrected chi connectivity index (χ4v) is 3.43. The van der Waals surface area contributed by atoms with E-state index >= 15 is 0 Å². The standard InChI is InChI=1S/C11H17N5O2S2/c1-15-5-7-16(8-6-15)14-20(17,18)9-3-2-4-13-10(9)11(12)19/h2-4,14H,5-8H2,1H3,(H2,12,19). The van der Waals surface area contributed by atoms with Gasteiger partial charge in [0.1, 0.15) is 15.6 Å². The largest absolute Gasteiger partial charge is 0.388 e. The zero-order valence-corrected chi connectivity index (χ0v) is 12.7. The summed E-state index contributed by atoms with van der Waals surface area (Å²) in [4.78, 5) is 8.59. The summed E-state index contributed by atoms with van der Waals surface area (Å²) in [6, 6.07) is 2.99. The Balaban J connectivity index is 2.21. The highest BCUT2D eigenvalue weighted by molar-refractivity contribution is 7.89. The maximum atomic E-state index is 12.4. The van der Waals surface area contributed by atoms with Crippen LogP contribution in [0.4, 0.5) is 0 Å². The van der Waals surface area contributed by atoms with Gasteiger partial charge in [-0.2, -0.15) is 0 Å². The number of hydrogen-bond donors (Lipinski definition) is 2. The summed E-state index contributed by atoms with van der Waals surface area (Å²) in [5.74, 6) is 0. The van der Waals surface area contributed by atoms with Gasteiger partial charge in [0.2, 0.25) is 0 Å². The van der Waals surface area contributed by atoms with E-state index < -0.39 is 10.0 Å². The number of thiocarbonyl (C=S) groups is 1. The Bertz CT molecular complexity index is 597. The first-order chi connectivity index (χ1) is 9.40. The SMILES string of the molecule is CN1CCN(NS(=O)(=O)c2cccnc2C(N)=S)CC1. The number of pyridine rings is 1. The lowest BCUT2D eigenvalue weighted by Crippen LogP contribution is -2.52. The van der Waals surface area contributed by atoms with Gasteiger partial charge in [-0.1, -0.05) is 12.2 Å². The van der Waals surface area contributed by atoms with Gasteiger partial charge in [0, 0.05) is 32.4 Å². The third-order valence-electron chi connectivity index (χ3n) is 3.05. The molecular formula is C11H17N5O2S2. The van der Waals surface area contributed by atoms with Crippen LogP contribution in [0, 0.1) is 0 Å².